The van der Waals surface area contributed by atoms with Gasteiger partial charge in [-0.2, -0.15) is 0 Å². The van der Waals surface area contributed by atoms with Crippen molar-refractivity contribution in [1.82, 2.24) is 24.6 Å². The summed E-state index contributed by atoms with van der Waals surface area (Å²) >= 11 is 0. The zero-order valence-electron chi connectivity index (χ0n) is 16.6. The molecule has 0 bridgehead atoms. The molecule has 5 rings (SSSR count). The van der Waals surface area contributed by atoms with Gasteiger partial charge in [0.15, 0.2) is 0 Å². The second kappa shape index (κ2) is 7.22. The molecule has 1 aromatic carbocycles. The molecule has 0 aliphatic carbocycles. The Balaban J connectivity index is 1.48. The molecule has 0 N–H and O–H groups in total. The zero-order valence-corrected chi connectivity index (χ0v) is 16.6. The van der Waals surface area contributed by atoms with Crippen LogP contribution in [0.1, 0.15) is 42.0 Å². The van der Waals surface area contributed by atoms with Crippen molar-refractivity contribution in [3.63, 3.8) is 0 Å². The van der Waals surface area contributed by atoms with E-state index in [2.05, 4.69) is 26.7 Å². The molecular formula is C22H25N5O2. The average Bonchev–Trinajstić information content (AvgIpc) is 3.38. The SMILES string of the molecule is CCn1cnnc1C1CN(C(=O)c2ccc3ccccc3n2)CC12CCOCC2. The van der Waals surface area contributed by atoms with Gasteiger partial charge in [-0.15, -0.1) is 10.2 Å². The van der Waals surface area contributed by atoms with Crippen LogP contribution in [0.4, 0.5) is 0 Å². The highest BCUT2D eigenvalue weighted by atomic mass is 16.5. The van der Waals surface area contributed by atoms with Gasteiger partial charge in [0.25, 0.3) is 5.91 Å². The van der Waals surface area contributed by atoms with E-state index in [0.717, 1.165) is 49.3 Å². The third-order valence-electron chi connectivity index (χ3n) is 6.54. The van der Waals surface area contributed by atoms with Crippen molar-refractivity contribution in [2.45, 2.75) is 32.2 Å². The maximum Gasteiger partial charge on any atom is 0.272 e. The summed E-state index contributed by atoms with van der Waals surface area (Å²) in [6, 6.07) is 11.7. The summed E-state index contributed by atoms with van der Waals surface area (Å²) in [5.41, 5.74) is 1.34. The number of aryl methyl sites for hydroxylation is 1. The van der Waals surface area contributed by atoms with Crippen LogP contribution in [-0.4, -0.2) is 56.9 Å². The molecule has 150 valence electrons. The summed E-state index contributed by atoms with van der Waals surface area (Å²) in [6.45, 7) is 5.74. The van der Waals surface area contributed by atoms with E-state index in [1.54, 1.807) is 6.33 Å². The summed E-state index contributed by atoms with van der Waals surface area (Å²) in [5, 5.41) is 9.63. The van der Waals surface area contributed by atoms with Gasteiger partial charge >= 0.3 is 0 Å². The summed E-state index contributed by atoms with van der Waals surface area (Å²) in [4.78, 5) is 20.0. The van der Waals surface area contributed by atoms with Gasteiger partial charge in [0, 0.05) is 49.6 Å². The first-order chi connectivity index (χ1) is 14.2. The number of rotatable bonds is 3. The number of para-hydroxylation sites is 1. The minimum Gasteiger partial charge on any atom is -0.381 e. The number of hydrogen-bond acceptors (Lipinski definition) is 5. The van der Waals surface area contributed by atoms with Gasteiger partial charge in [-0.25, -0.2) is 4.98 Å². The van der Waals surface area contributed by atoms with Gasteiger partial charge < -0.3 is 14.2 Å². The molecule has 1 atom stereocenters. The summed E-state index contributed by atoms with van der Waals surface area (Å²) in [7, 11) is 0. The number of pyridine rings is 1. The van der Waals surface area contributed by atoms with Gasteiger partial charge in [0.1, 0.15) is 17.8 Å². The third-order valence-corrected chi connectivity index (χ3v) is 6.54. The van der Waals surface area contributed by atoms with Gasteiger partial charge in [0.2, 0.25) is 0 Å². The molecule has 7 heteroatoms. The summed E-state index contributed by atoms with van der Waals surface area (Å²) in [6.07, 6.45) is 3.66. The molecule has 29 heavy (non-hydrogen) atoms. The van der Waals surface area contributed by atoms with E-state index in [1.807, 2.05) is 41.3 Å². The molecular weight excluding hydrogens is 366 g/mol. The molecule has 2 aliphatic heterocycles. The highest BCUT2D eigenvalue weighted by Crippen LogP contribution is 2.49. The van der Waals surface area contributed by atoms with Crippen LogP contribution in [0, 0.1) is 5.41 Å². The topological polar surface area (TPSA) is 73.1 Å². The predicted molar refractivity (Wildman–Crippen MR) is 109 cm³/mol. The predicted octanol–water partition coefficient (Wildman–Crippen LogP) is 2.88. The van der Waals surface area contributed by atoms with Crippen LogP contribution < -0.4 is 0 Å². The highest BCUT2D eigenvalue weighted by Gasteiger charge is 2.51. The van der Waals surface area contributed by atoms with Gasteiger partial charge in [-0.1, -0.05) is 24.3 Å². The number of hydrogen-bond donors (Lipinski definition) is 0. The fourth-order valence-corrected chi connectivity index (χ4v) is 4.89. The quantitative estimate of drug-likeness (QED) is 0.686. The number of aromatic nitrogens is 4. The molecule has 1 amide bonds. The van der Waals surface area contributed by atoms with E-state index in [4.69, 9.17) is 4.74 Å². The van der Waals surface area contributed by atoms with Crippen LogP contribution in [-0.2, 0) is 11.3 Å². The summed E-state index contributed by atoms with van der Waals surface area (Å²) in [5.74, 6) is 1.14. The molecule has 0 saturated carbocycles. The zero-order chi connectivity index (χ0) is 19.8. The average molecular weight is 391 g/mol. The van der Waals surface area contributed by atoms with Crippen LogP contribution in [0.2, 0.25) is 0 Å². The van der Waals surface area contributed by atoms with Crippen LogP contribution >= 0.6 is 0 Å². The Morgan fingerprint density at radius 1 is 1.21 bits per heavy atom. The minimum absolute atomic E-state index is 0.00770. The van der Waals surface area contributed by atoms with Crippen molar-refractivity contribution in [1.29, 1.82) is 0 Å². The van der Waals surface area contributed by atoms with E-state index < -0.39 is 0 Å². The van der Waals surface area contributed by atoms with E-state index in [0.29, 0.717) is 18.8 Å². The Kier molecular flexibility index (Phi) is 4.54. The summed E-state index contributed by atoms with van der Waals surface area (Å²) < 4.78 is 7.75. The van der Waals surface area contributed by atoms with E-state index in [9.17, 15) is 4.79 Å². The monoisotopic (exact) mass is 391 g/mol. The first kappa shape index (κ1) is 18.2. The van der Waals surface area contributed by atoms with E-state index >= 15 is 0 Å². The van der Waals surface area contributed by atoms with Crippen molar-refractivity contribution in [2.24, 2.45) is 5.41 Å². The smallest absolute Gasteiger partial charge is 0.272 e. The number of amides is 1. The lowest BCUT2D eigenvalue weighted by atomic mass is 9.71. The Morgan fingerprint density at radius 3 is 2.86 bits per heavy atom. The first-order valence-electron chi connectivity index (χ1n) is 10.3. The largest absolute Gasteiger partial charge is 0.381 e. The fraction of sp³-hybridized carbons (Fsp3) is 0.455. The lowest BCUT2D eigenvalue weighted by Gasteiger charge is -2.37. The van der Waals surface area contributed by atoms with Crippen molar-refractivity contribution in [3.05, 3.63) is 54.2 Å². The molecule has 1 unspecified atom stereocenters. The van der Waals surface area contributed by atoms with Gasteiger partial charge in [-0.05, 0) is 31.9 Å². The fourth-order valence-electron chi connectivity index (χ4n) is 4.89. The number of likely N-dealkylation sites (tertiary alicyclic amines) is 1. The molecule has 2 fully saturated rings. The molecule has 7 nitrogen and oxygen atoms in total. The Morgan fingerprint density at radius 2 is 2.03 bits per heavy atom. The van der Waals surface area contributed by atoms with E-state index in [-0.39, 0.29) is 17.2 Å². The Labute approximate surface area is 169 Å². The lowest BCUT2D eigenvalue weighted by molar-refractivity contribution is 0.0107. The molecule has 1 spiro atoms. The lowest BCUT2D eigenvalue weighted by Crippen LogP contribution is -2.38. The number of benzene rings is 1. The van der Waals surface area contributed by atoms with Crippen LogP contribution in [0.5, 0.6) is 0 Å². The molecule has 2 saturated heterocycles. The first-order valence-corrected chi connectivity index (χ1v) is 10.3. The molecule has 2 aliphatic rings. The van der Waals surface area contributed by atoms with Gasteiger partial charge in [0.05, 0.1) is 5.52 Å². The standard InChI is InChI=1S/C22H25N5O2/c1-2-26-15-23-25-20(26)17-13-27(14-22(17)9-11-29-12-10-22)21(28)19-8-7-16-5-3-4-6-18(16)24-19/h3-8,15,17H,2,9-14H2,1H3. The van der Waals surface area contributed by atoms with Crippen LogP contribution in [0.15, 0.2) is 42.7 Å². The third kappa shape index (κ3) is 3.09. The maximum atomic E-state index is 13.4. The maximum absolute atomic E-state index is 13.4. The van der Waals surface area contributed by atoms with Crippen molar-refractivity contribution in [2.75, 3.05) is 26.3 Å². The second-order valence-electron chi connectivity index (χ2n) is 8.08. The molecule has 0 radical (unpaired) electrons. The molecule has 3 aromatic rings. The van der Waals surface area contributed by atoms with Crippen LogP contribution in [0.3, 0.4) is 0 Å². The molecule has 4 heterocycles. The Bertz CT molecular complexity index is 1040. The second-order valence-corrected chi connectivity index (χ2v) is 8.08. The van der Waals surface area contributed by atoms with Crippen molar-refractivity contribution in [3.8, 4) is 0 Å². The highest BCUT2D eigenvalue weighted by molar-refractivity contribution is 5.95. The number of ether oxygens (including phenoxy) is 1. The molecule has 2 aromatic heterocycles. The minimum atomic E-state index is -0.00921. The number of fused-ring (bicyclic) bond motifs is 1. The van der Waals surface area contributed by atoms with Crippen LogP contribution in [0.25, 0.3) is 10.9 Å². The number of carbonyl (C=O) groups excluding carboxylic acids is 1. The normalized spacial score (nSPS) is 21.1. The van der Waals surface area contributed by atoms with Crippen molar-refractivity contribution >= 4 is 16.8 Å². The Hall–Kier alpha value is -2.80. The van der Waals surface area contributed by atoms with Crippen molar-refractivity contribution < 1.29 is 9.53 Å². The number of carbonyl (C=O) groups is 1. The van der Waals surface area contributed by atoms with Gasteiger partial charge in [-0.3, -0.25) is 4.79 Å². The number of nitrogens with zero attached hydrogens (tertiary/aromatic N) is 5. The van der Waals surface area contributed by atoms with E-state index in [1.165, 1.54) is 0 Å².